The van der Waals surface area contributed by atoms with Crippen LogP contribution in [0, 0.1) is 13.8 Å². The molecule has 0 bridgehead atoms. The average Bonchev–Trinajstić information content (AvgIpc) is 3.29. The number of fused-ring (bicyclic) bond motifs is 1. The second-order valence-electron chi connectivity index (χ2n) is 8.60. The lowest BCUT2D eigenvalue weighted by atomic mass is 10.0. The number of benzene rings is 1. The number of aromatic nitrogens is 3. The summed E-state index contributed by atoms with van der Waals surface area (Å²) in [7, 11) is 3.30. The number of halogens is 1. The Labute approximate surface area is 208 Å². The third kappa shape index (κ3) is 4.59. The number of H-pyrrole nitrogens is 1. The average molecular weight is 492 g/mol. The molecule has 188 valence electrons. The minimum atomic E-state index is -0.585. The number of para-hydroxylation sites is 1. The van der Waals surface area contributed by atoms with Crippen LogP contribution < -0.4 is 21.6 Å². The second-order valence-corrected chi connectivity index (χ2v) is 8.60. The van der Waals surface area contributed by atoms with E-state index < -0.39 is 6.67 Å². The molecule has 0 saturated carbocycles. The van der Waals surface area contributed by atoms with Gasteiger partial charge in [0.15, 0.2) is 5.75 Å². The van der Waals surface area contributed by atoms with Crippen LogP contribution in [0.3, 0.4) is 0 Å². The van der Waals surface area contributed by atoms with Gasteiger partial charge in [-0.2, -0.15) is 0 Å². The van der Waals surface area contributed by atoms with Crippen molar-refractivity contribution in [2.24, 2.45) is 24.8 Å². The molecular weight excluding hydrogens is 461 g/mol. The maximum absolute atomic E-state index is 13.0. The van der Waals surface area contributed by atoms with Gasteiger partial charge in [-0.15, -0.1) is 0 Å². The number of ether oxygens (including phenoxy) is 1. The number of allylic oxidation sites excluding steroid dienone is 1. The van der Waals surface area contributed by atoms with E-state index in [0.717, 1.165) is 11.1 Å². The molecule has 4 rings (SSSR count). The van der Waals surface area contributed by atoms with Crippen LogP contribution in [0.2, 0.25) is 0 Å². The number of nitrogens with two attached hydrogens (primary N) is 1. The molecule has 3 aromatic heterocycles. The first-order chi connectivity index (χ1) is 17.2. The third-order valence-electron chi connectivity index (χ3n) is 6.00. The Morgan fingerprint density at radius 3 is 2.53 bits per heavy atom. The molecule has 0 aliphatic heterocycles. The number of nitrogens with zero attached hydrogens (tertiary/aromatic N) is 3. The number of rotatable bonds is 7. The largest absolute Gasteiger partial charge is 0.455 e. The SMILES string of the molecule is Cc1cccc(C)c1Oc1cn(C)c(=O)cc1-c1cn(C)c(=O)c2[nH]c(/C(C=NCCF)=C/N)cc12.[HH]. The summed E-state index contributed by atoms with van der Waals surface area (Å²) in [5.41, 5.74) is 9.77. The van der Waals surface area contributed by atoms with E-state index in [2.05, 4.69) is 9.98 Å². The Bertz CT molecular complexity index is 1610. The molecule has 0 aliphatic carbocycles. The van der Waals surface area contributed by atoms with Gasteiger partial charge in [0.25, 0.3) is 11.1 Å². The van der Waals surface area contributed by atoms with Crippen LogP contribution in [-0.4, -0.2) is 33.6 Å². The van der Waals surface area contributed by atoms with Crippen molar-refractivity contribution in [3.05, 3.63) is 86.5 Å². The van der Waals surface area contributed by atoms with E-state index in [1.54, 1.807) is 32.6 Å². The van der Waals surface area contributed by atoms with Crippen LogP contribution in [0.4, 0.5) is 4.39 Å². The predicted octanol–water partition coefficient (Wildman–Crippen LogP) is 4.23. The van der Waals surface area contributed by atoms with Crippen molar-refractivity contribution < 1.29 is 10.6 Å². The first-order valence-electron chi connectivity index (χ1n) is 11.4. The van der Waals surface area contributed by atoms with Crippen molar-refractivity contribution >= 4 is 22.7 Å². The highest BCUT2D eigenvalue weighted by Gasteiger charge is 2.19. The lowest BCUT2D eigenvalue weighted by Crippen LogP contribution is -2.18. The predicted molar refractivity (Wildman–Crippen MR) is 144 cm³/mol. The number of aliphatic imine (C=N–C) groups is 1. The quantitative estimate of drug-likeness (QED) is 0.377. The Morgan fingerprint density at radius 2 is 1.86 bits per heavy atom. The van der Waals surface area contributed by atoms with E-state index in [4.69, 9.17) is 10.5 Å². The van der Waals surface area contributed by atoms with Crippen LogP contribution in [0.25, 0.3) is 27.6 Å². The van der Waals surface area contributed by atoms with Crippen molar-refractivity contribution in [3.63, 3.8) is 0 Å². The molecule has 0 fully saturated rings. The highest BCUT2D eigenvalue weighted by molar-refractivity contribution is 6.11. The van der Waals surface area contributed by atoms with Crippen LogP contribution in [-0.2, 0) is 14.1 Å². The molecule has 0 saturated heterocycles. The third-order valence-corrected chi connectivity index (χ3v) is 6.00. The van der Waals surface area contributed by atoms with Gasteiger partial charge in [-0.25, -0.2) is 4.39 Å². The van der Waals surface area contributed by atoms with Gasteiger partial charge in [-0.05, 0) is 31.0 Å². The van der Waals surface area contributed by atoms with Crippen molar-refractivity contribution in [1.29, 1.82) is 0 Å². The molecule has 1 aromatic carbocycles. The minimum Gasteiger partial charge on any atom is -0.455 e. The molecule has 3 heterocycles. The topological polar surface area (TPSA) is 107 Å². The number of pyridine rings is 2. The molecule has 36 heavy (non-hydrogen) atoms. The van der Waals surface area contributed by atoms with Crippen LogP contribution in [0.5, 0.6) is 11.5 Å². The fraction of sp³-hybridized carbons (Fsp3) is 0.222. The second kappa shape index (κ2) is 10.1. The number of hydrogen-bond acceptors (Lipinski definition) is 5. The summed E-state index contributed by atoms with van der Waals surface area (Å²) in [6.07, 6.45) is 6.12. The molecule has 0 atom stereocenters. The summed E-state index contributed by atoms with van der Waals surface area (Å²) in [6.45, 7) is 3.34. The molecule has 4 aromatic rings. The summed E-state index contributed by atoms with van der Waals surface area (Å²) < 4.78 is 21.8. The van der Waals surface area contributed by atoms with E-state index >= 15 is 0 Å². The lowest BCUT2D eigenvalue weighted by Gasteiger charge is -2.17. The van der Waals surface area contributed by atoms with E-state index in [-0.39, 0.29) is 19.1 Å². The molecule has 0 unspecified atom stereocenters. The molecule has 0 spiro atoms. The standard InChI is InChI=1S/C27H28FN5O3.H2/c1-16-6-5-7-17(2)26(16)36-23-15-32(3)24(34)11-19(23)21-14-33(4)27(35)25-20(21)10-22(31-25)18(12-29)13-30-9-8-28;/h5-7,10-15,31H,8-9,29H2,1-4H3;1H/b18-12+,30-13?;. The molecule has 0 aliphatic rings. The van der Waals surface area contributed by atoms with Gasteiger partial charge in [0.05, 0.1) is 12.7 Å². The highest BCUT2D eigenvalue weighted by atomic mass is 19.1. The summed E-state index contributed by atoms with van der Waals surface area (Å²) >= 11 is 0. The Balaban J connectivity index is 0.00000380. The summed E-state index contributed by atoms with van der Waals surface area (Å²) in [5.74, 6) is 1.17. The molecule has 0 radical (unpaired) electrons. The Morgan fingerprint density at radius 1 is 1.14 bits per heavy atom. The smallest absolute Gasteiger partial charge is 0.274 e. The van der Waals surface area contributed by atoms with Gasteiger partial charge in [-0.1, -0.05) is 18.2 Å². The molecule has 3 N–H and O–H groups in total. The van der Waals surface area contributed by atoms with Crippen molar-refractivity contribution in [2.75, 3.05) is 13.2 Å². The van der Waals surface area contributed by atoms with Gasteiger partial charge in [0.2, 0.25) is 0 Å². The Hall–Kier alpha value is -4.40. The minimum absolute atomic E-state index is 0. The van der Waals surface area contributed by atoms with Gasteiger partial charge in [0, 0.05) is 68.0 Å². The van der Waals surface area contributed by atoms with Gasteiger partial charge in [0.1, 0.15) is 17.9 Å². The first kappa shape index (κ1) is 24.7. The normalized spacial score (nSPS) is 12.1. The molecule has 0 amide bonds. The zero-order valence-corrected chi connectivity index (χ0v) is 20.6. The van der Waals surface area contributed by atoms with E-state index in [0.29, 0.717) is 44.8 Å². The molecule has 8 nitrogen and oxygen atoms in total. The molecule has 9 heteroatoms. The lowest BCUT2D eigenvalue weighted by molar-refractivity contribution is 0.470. The maximum Gasteiger partial charge on any atom is 0.274 e. The highest BCUT2D eigenvalue weighted by Crippen LogP contribution is 2.38. The zero-order chi connectivity index (χ0) is 26.0. The van der Waals surface area contributed by atoms with Gasteiger partial charge < -0.3 is 24.6 Å². The van der Waals surface area contributed by atoms with Gasteiger partial charge >= 0.3 is 0 Å². The Kier molecular flexibility index (Phi) is 6.91. The van der Waals surface area contributed by atoms with Crippen molar-refractivity contribution in [1.82, 2.24) is 14.1 Å². The summed E-state index contributed by atoms with van der Waals surface area (Å²) in [6, 6.07) is 9.14. The van der Waals surface area contributed by atoms with E-state index in [9.17, 15) is 14.0 Å². The van der Waals surface area contributed by atoms with Crippen LogP contribution in [0.1, 0.15) is 18.2 Å². The fourth-order valence-electron chi connectivity index (χ4n) is 4.09. The number of aryl methyl sites for hydroxylation is 4. The van der Waals surface area contributed by atoms with E-state index in [1.807, 2.05) is 32.0 Å². The van der Waals surface area contributed by atoms with E-state index in [1.165, 1.54) is 27.6 Å². The van der Waals surface area contributed by atoms with Crippen LogP contribution in [0.15, 0.2) is 63.5 Å². The maximum atomic E-state index is 13.0. The number of alkyl halides is 1. The fourth-order valence-corrected chi connectivity index (χ4v) is 4.09. The monoisotopic (exact) mass is 491 g/mol. The number of aromatic amines is 1. The number of nitrogens with one attached hydrogen (secondary N) is 1. The van der Waals surface area contributed by atoms with Crippen molar-refractivity contribution in [3.8, 4) is 22.6 Å². The summed E-state index contributed by atoms with van der Waals surface area (Å²) in [4.78, 5) is 32.8. The number of hydrogen-bond donors (Lipinski definition) is 2. The van der Waals surface area contributed by atoms with Crippen LogP contribution >= 0.6 is 0 Å². The van der Waals surface area contributed by atoms with Crippen molar-refractivity contribution in [2.45, 2.75) is 13.8 Å². The van der Waals surface area contributed by atoms with Gasteiger partial charge in [-0.3, -0.25) is 14.6 Å². The zero-order valence-electron chi connectivity index (χ0n) is 20.6. The molecular formula is C27H30FN5O3. The first-order valence-corrected chi connectivity index (χ1v) is 11.4. The summed E-state index contributed by atoms with van der Waals surface area (Å²) in [5, 5.41) is 0.589.